The summed E-state index contributed by atoms with van der Waals surface area (Å²) < 4.78 is 16.0. The van der Waals surface area contributed by atoms with Gasteiger partial charge in [0.2, 0.25) is 0 Å². The minimum atomic E-state index is -0.894. The van der Waals surface area contributed by atoms with Crippen molar-refractivity contribution in [1.29, 1.82) is 5.26 Å². The molecule has 0 atom stereocenters. The van der Waals surface area contributed by atoms with Crippen molar-refractivity contribution in [1.82, 2.24) is 15.5 Å². The molecule has 0 bridgehead atoms. The van der Waals surface area contributed by atoms with Gasteiger partial charge in [0.05, 0.1) is 5.56 Å². The summed E-state index contributed by atoms with van der Waals surface area (Å²) in [5, 5.41) is 15.7. The molecule has 138 valence electrons. The first kappa shape index (κ1) is 19.2. The van der Waals surface area contributed by atoms with Crippen molar-refractivity contribution in [2.75, 3.05) is 0 Å². The van der Waals surface area contributed by atoms with Gasteiger partial charge in [-0.25, -0.2) is 4.79 Å². The zero-order chi connectivity index (χ0) is 19.4. The highest BCUT2D eigenvalue weighted by atomic mass is 16.6. The molecule has 8 nitrogen and oxygen atoms in total. The molecule has 0 spiro atoms. The Morgan fingerprint density at radius 2 is 1.96 bits per heavy atom. The Balaban J connectivity index is 2.02. The van der Waals surface area contributed by atoms with Crippen molar-refractivity contribution in [3.05, 3.63) is 41.5 Å². The van der Waals surface area contributed by atoms with Crippen LogP contribution in [0.4, 0.5) is 4.79 Å². The number of hydrogen-bond acceptors (Lipinski definition) is 7. The van der Waals surface area contributed by atoms with Gasteiger partial charge in [0.1, 0.15) is 23.0 Å². The first-order valence-electron chi connectivity index (χ1n) is 8.07. The second-order valence-corrected chi connectivity index (χ2v) is 7.16. The Bertz CT molecular complexity index is 815. The van der Waals surface area contributed by atoms with Crippen LogP contribution in [0.5, 0.6) is 5.75 Å². The van der Waals surface area contributed by atoms with Crippen molar-refractivity contribution >= 4 is 6.09 Å². The molecule has 0 aliphatic heterocycles. The Morgan fingerprint density at radius 3 is 2.62 bits per heavy atom. The van der Waals surface area contributed by atoms with Gasteiger partial charge in [0.25, 0.3) is 5.89 Å². The Labute approximate surface area is 152 Å². The molecule has 1 aromatic heterocycles. The normalized spacial score (nSPS) is 11.5. The quantitative estimate of drug-likeness (QED) is 0.873. The minimum Gasteiger partial charge on any atom is -0.482 e. The van der Waals surface area contributed by atoms with Gasteiger partial charge in [-0.3, -0.25) is 0 Å². The summed E-state index contributed by atoms with van der Waals surface area (Å²) in [7, 11) is 0. The van der Waals surface area contributed by atoms with E-state index in [0.717, 1.165) is 0 Å². The lowest BCUT2D eigenvalue weighted by Crippen LogP contribution is -2.44. The second kappa shape index (κ2) is 7.44. The number of nitriles is 1. The van der Waals surface area contributed by atoms with Crippen molar-refractivity contribution in [2.45, 2.75) is 52.4 Å². The number of hydrogen-bond donors (Lipinski definition) is 1. The molecule has 0 saturated heterocycles. The van der Waals surface area contributed by atoms with E-state index in [-0.39, 0.29) is 18.3 Å². The summed E-state index contributed by atoms with van der Waals surface area (Å²) in [6.45, 7) is 8.82. The van der Waals surface area contributed by atoms with Crippen LogP contribution in [0.25, 0.3) is 0 Å². The summed E-state index contributed by atoms with van der Waals surface area (Å²) in [4.78, 5) is 16.2. The summed E-state index contributed by atoms with van der Waals surface area (Å²) >= 11 is 0. The average Bonchev–Trinajstić information content (AvgIpc) is 3.00. The maximum absolute atomic E-state index is 12.0. The van der Waals surface area contributed by atoms with Crippen LogP contribution in [0, 0.1) is 11.3 Å². The van der Waals surface area contributed by atoms with Gasteiger partial charge in [-0.15, -0.1) is 0 Å². The molecule has 2 rings (SSSR count). The van der Waals surface area contributed by atoms with Gasteiger partial charge in [0.15, 0.2) is 12.4 Å². The van der Waals surface area contributed by atoms with Crippen molar-refractivity contribution in [3.63, 3.8) is 0 Å². The predicted octanol–water partition coefficient (Wildman–Crippen LogP) is 3.28. The van der Waals surface area contributed by atoms with E-state index in [0.29, 0.717) is 11.3 Å². The molecule has 0 fully saturated rings. The third kappa shape index (κ3) is 5.21. The van der Waals surface area contributed by atoms with Crippen LogP contribution >= 0.6 is 0 Å². The number of para-hydroxylation sites is 1. The summed E-state index contributed by atoms with van der Waals surface area (Å²) in [5.74, 6) is 0.947. The van der Waals surface area contributed by atoms with Gasteiger partial charge >= 0.3 is 6.09 Å². The first-order chi connectivity index (χ1) is 12.1. The minimum absolute atomic E-state index is 0.00815. The van der Waals surface area contributed by atoms with Gasteiger partial charge in [-0.05, 0) is 46.8 Å². The zero-order valence-electron chi connectivity index (χ0n) is 15.5. The fraction of sp³-hybridized carbons (Fsp3) is 0.444. The van der Waals surface area contributed by atoms with Crippen LogP contribution in [0.15, 0.2) is 28.8 Å². The number of nitrogens with zero attached hydrogens (tertiary/aromatic N) is 3. The lowest BCUT2D eigenvalue weighted by atomic mass is 10.1. The van der Waals surface area contributed by atoms with E-state index in [1.165, 1.54) is 0 Å². The number of alkyl carbamates (subject to hydrolysis) is 1. The third-order valence-electron chi connectivity index (χ3n) is 3.20. The number of carbonyl (C=O) groups is 1. The van der Waals surface area contributed by atoms with Crippen molar-refractivity contribution in [3.8, 4) is 11.8 Å². The lowest BCUT2D eigenvalue weighted by Gasteiger charge is -2.26. The Morgan fingerprint density at radius 1 is 1.27 bits per heavy atom. The topological polar surface area (TPSA) is 110 Å². The number of carbonyl (C=O) groups excluding carboxylic acids is 1. The average molecular weight is 358 g/mol. The van der Waals surface area contributed by atoms with E-state index in [1.807, 2.05) is 6.07 Å². The maximum Gasteiger partial charge on any atom is 0.408 e. The van der Waals surface area contributed by atoms with E-state index in [4.69, 9.17) is 19.3 Å². The fourth-order valence-electron chi connectivity index (χ4n) is 2.01. The molecule has 26 heavy (non-hydrogen) atoms. The zero-order valence-corrected chi connectivity index (χ0v) is 15.5. The van der Waals surface area contributed by atoms with Gasteiger partial charge < -0.3 is 19.3 Å². The number of amides is 1. The highest BCUT2D eigenvalue weighted by molar-refractivity contribution is 5.68. The Kier molecular flexibility index (Phi) is 5.50. The summed E-state index contributed by atoms with van der Waals surface area (Å²) in [5.41, 5.74) is -1.08. The number of benzene rings is 1. The smallest absolute Gasteiger partial charge is 0.408 e. The number of ether oxygens (including phenoxy) is 2. The van der Waals surface area contributed by atoms with Crippen LogP contribution in [-0.4, -0.2) is 21.8 Å². The van der Waals surface area contributed by atoms with E-state index in [2.05, 4.69) is 15.5 Å². The maximum atomic E-state index is 12.0. The van der Waals surface area contributed by atoms with Crippen molar-refractivity contribution < 1.29 is 18.8 Å². The molecule has 0 radical (unpaired) electrons. The van der Waals surface area contributed by atoms with Crippen LogP contribution < -0.4 is 10.1 Å². The van der Waals surface area contributed by atoms with E-state index >= 15 is 0 Å². The molecule has 1 aromatic carbocycles. The lowest BCUT2D eigenvalue weighted by molar-refractivity contribution is 0.0465. The molecule has 2 aromatic rings. The highest BCUT2D eigenvalue weighted by Gasteiger charge is 2.31. The largest absolute Gasteiger partial charge is 0.482 e. The predicted molar refractivity (Wildman–Crippen MR) is 92.2 cm³/mol. The van der Waals surface area contributed by atoms with Crippen LogP contribution in [0.3, 0.4) is 0 Å². The third-order valence-corrected chi connectivity index (χ3v) is 3.20. The molecule has 0 aliphatic rings. The molecular weight excluding hydrogens is 336 g/mol. The molecule has 0 aliphatic carbocycles. The molecular formula is C18H22N4O4. The molecule has 1 heterocycles. The Hall–Kier alpha value is -3.08. The SMILES string of the molecule is CC(C)(C)OC(=O)NC(C)(C)c1noc(COc2ccccc2C#N)n1. The fourth-order valence-corrected chi connectivity index (χ4v) is 2.01. The molecule has 0 saturated carbocycles. The first-order valence-corrected chi connectivity index (χ1v) is 8.07. The summed E-state index contributed by atoms with van der Waals surface area (Å²) in [6.07, 6.45) is -0.576. The molecule has 0 unspecified atom stereocenters. The number of aromatic nitrogens is 2. The van der Waals surface area contributed by atoms with Crippen LogP contribution in [0.1, 0.15) is 51.9 Å². The molecule has 1 N–H and O–H groups in total. The highest BCUT2D eigenvalue weighted by Crippen LogP contribution is 2.20. The van der Waals surface area contributed by atoms with Crippen LogP contribution in [0.2, 0.25) is 0 Å². The number of rotatable bonds is 5. The van der Waals surface area contributed by atoms with E-state index in [1.54, 1.807) is 58.9 Å². The standard InChI is InChI=1S/C18H22N4O4/c1-17(2,3)25-16(23)21-18(4,5)15-20-14(26-22-15)11-24-13-9-7-6-8-12(13)10-19/h6-9H,11H2,1-5H3,(H,21,23). The monoisotopic (exact) mass is 358 g/mol. The van der Waals surface area contributed by atoms with E-state index in [9.17, 15) is 4.79 Å². The van der Waals surface area contributed by atoms with Gasteiger partial charge in [-0.2, -0.15) is 10.2 Å². The molecule has 1 amide bonds. The number of nitrogens with one attached hydrogen (secondary N) is 1. The van der Waals surface area contributed by atoms with Crippen LogP contribution in [-0.2, 0) is 16.9 Å². The van der Waals surface area contributed by atoms with Crippen molar-refractivity contribution in [2.24, 2.45) is 0 Å². The molecule has 8 heteroatoms. The van der Waals surface area contributed by atoms with Gasteiger partial charge in [0, 0.05) is 0 Å². The second-order valence-electron chi connectivity index (χ2n) is 7.16. The summed E-state index contributed by atoms with van der Waals surface area (Å²) in [6, 6.07) is 8.91. The van der Waals surface area contributed by atoms with Gasteiger partial charge in [-0.1, -0.05) is 17.3 Å². The van der Waals surface area contributed by atoms with E-state index < -0.39 is 17.2 Å².